The first-order valence-corrected chi connectivity index (χ1v) is 6.78. The van der Waals surface area contributed by atoms with E-state index in [1.54, 1.807) is 30.6 Å². The first-order chi connectivity index (χ1) is 10.2. The van der Waals surface area contributed by atoms with E-state index in [0.29, 0.717) is 23.6 Å². The maximum Gasteiger partial charge on any atom is 0.252 e. The Morgan fingerprint density at radius 3 is 2.38 bits per heavy atom. The number of aromatic nitrogens is 3. The average Bonchev–Trinajstić information content (AvgIpc) is 2.98. The van der Waals surface area contributed by atoms with Crippen molar-refractivity contribution in [1.82, 2.24) is 15.0 Å². The predicted molar refractivity (Wildman–Crippen MR) is 82.9 cm³/mol. The molecule has 8 nitrogen and oxygen atoms in total. The SMILES string of the molecule is CCNc1nc(NCC)nc(N(C)/N=C/c2ccco2)n1. The highest BCUT2D eigenvalue weighted by molar-refractivity contribution is 5.76. The van der Waals surface area contributed by atoms with Gasteiger partial charge in [0.1, 0.15) is 5.76 Å². The Hall–Kier alpha value is -2.64. The summed E-state index contributed by atoms with van der Waals surface area (Å²) in [6.07, 6.45) is 3.19. The molecule has 8 heteroatoms. The van der Waals surface area contributed by atoms with Crippen molar-refractivity contribution in [1.29, 1.82) is 0 Å². The number of furan rings is 1. The summed E-state index contributed by atoms with van der Waals surface area (Å²) in [5, 5.41) is 12.0. The van der Waals surface area contributed by atoms with Gasteiger partial charge in [0, 0.05) is 20.1 Å². The Bertz CT molecular complexity index is 558. The Morgan fingerprint density at radius 2 is 1.86 bits per heavy atom. The largest absolute Gasteiger partial charge is 0.463 e. The van der Waals surface area contributed by atoms with E-state index in [-0.39, 0.29) is 0 Å². The summed E-state index contributed by atoms with van der Waals surface area (Å²) in [6, 6.07) is 3.62. The summed E-state index contributed by atoms with van der Waals surface area (Å²) in [4.78, 5) is 12.9. The fraction of sp³-hybridized carbons (Fsp3) is 0.385. The maximum absolute atomic E-state index is 5.19. The standard InChI is InChI=1S/C13H19N7O/c1-4-14-11-17-12(15-5-2)19-13(18-11)20(3)16-9-10-7-6-8-21-10/h6-9H,4-5H2,1-3H3,(H2,14,15,17,18,19)/b16-9+. The van der Waals surface area contributed by atoms with Gasteiger partial charge in [-0.2, -0.15) is 20.1 Å². The van der Waals surface area contributed by atoms with Crippen molar-refractivity contribution in [3.05, 3.63) is 24.2 Å². The smallest absolute Gasteiger partial charge is 0.252 e. The lowest BCUT2D eigenvalue weighted by Gasteiger charge is -2.13. The molecule has 0 aliphatic heterocycles. The van der Waals surface area contributed by atoms with Gasteiger partial charge in [-0.3, -0.25) is 0 Å². The zero-order chi connectivity index (χ0) is 15.1. The van der Waals surface area contributed by atoms with Crippen LogP contribution >= 0.6 is 0 Å². The lowest BCUT2D eigenvalue weighted by molar-refractivity contribution is 0.560. The van der Waals surface area contributed by atoms with Crippen LogP contribution in [0.2, 0.25) is 0 Å². The van der Waals surface area contributed by atoms with Gasteiger partial charge in [-0.1, -0.05) is 0 Å². The van der Waals surface area contributed by atoms with Gasteiger partial charge in [-0.05, 0) is 26.0 Å². The summed E-state index contributed by atoms with van der Waals surface area (Å²) < 4.78 is 5.19. The Morgan fingerprint density at radius 1 is 1.19 bits per heavy atom. The van der Waals surface area contributed by atoms with E-state index in [1.165, 1.54) is 0 Å². The molecule has 0 radical (unpaired) electrons. The minimum Gasteiger partial charge on any atom is -0.463 e. The molecule has 0 fully saturated rings. The van der Waals surface area contributed by atoms with Crippen molar-refractivity contribution in [2.45, 2.75) is 13.8 Å². The number of rotatable bonds is 7. The number of hydrazone groups is 1. The molecule has 0 unspecified atom stereocenters. The highest BCUT2D eigenvalue weighted by atomic mass is 16.3. The molecule has 0 spiro atoms. The average molecular weight is 289 g/mol. The third kappa shape index (κ3) is 4.16. The number of hydrogen-bond acceptors (Lipinski definition) is 8. The zero-order valence-electron chi connectivity index (χ0n) is 12.4. The van der Waals surface area contributed by atoms with E-state index in [4.69, 9.17) is 4.42 Å². The summed E-state index contributed by atoms with van der Waals surface area (Å²) in [5.74, 6) is 2.13. The molecule has 112 valence electrons. The first kappa shape index (κ1) is 14.8. The van der Waals surface area contributed by atoms with Crippen molar-refractivity contribution in [2.24, 2.45) is 5.10 Å². The highest BCUT2D eigenvalue weighted by Gasteiger charge is 2.09. The molecule has 2 aromatic rings. The van der Waals surface area contributed by atoms with E-state index < -0.39 is 0 Å². The summed E-state index contributed by atoms with van der Waals surface area (Å²) in [6.45, 7) is 5.42. The number of hydrogen-bond donors (Lipinski definition) is 2. The molecule has 0 saturated carbocycles. The van der Waals surface area contributed by atoms with Crippen LogP contribution in [0.5, 0.6) is 0 Å². The predicted octanol–water partition coefficient (Wildman–Crippen LogP) is 1.80. The number of anilines is 3. The molecule has 0 atom stereocenters. The number of nitrogens with zero attached hydrogens (tertiary/aromatic N) is 5. The van der Waals surface area contributed by atoms with Crippen LogP contribution in [0.15, 0.2) is 27.9 Å². The highest BCUT2D eigenvalue weighted by Crippen LogP contribution is 2.12. The van der Waals surface area contributed by atoms with Crippen molar-refractivity contribution >= 4 is 24.1 Å². The molecule has 2 rings (SSSR count). The molecule has 2 N–H and O–H groups in total. The second-order valence-electron chi connectivity index (χ2n) is 4.13. The van der Waals surface area contributed by atoms with Gasteiger partial charge in [0.25, 0.3) is 5.95 Å². The quantitative estimate of drug-likeness (QED) is 0.593. The van der Waals surface area contributed by atoms with E-state index in [9.17, 15) is 0 Å². The molecule has 2 aromatic heterocycles. The molecular formula is C13H19N7O. The van der Waals surface area contributed by atoms with Crippen LogP contribution in [0.4, 0.5) is 17.8 Å². The summed E-state index contributed by atoms with van der Waals surface area (Å²) in [7, 11) is 1.76. The third-order valence-electron chi connectivity index (χ3n) is 2.48. The molecular weight excluding hydrogens is 270 g/mol. The van der Waals surface area contributed by atoms with Crippen LogP contribution < -0.4 is 15.6 Å². The normalized spacial score (nSPS) is 10.8. The molecule has 0 aromatic carbocycles. The van der Waals surface area contributed by atoms with Crippen LogP contribution in [-0.2, 0) is 0 Å². The lowest BCUT2D eigenvalue weighted by atomic mass is 10.5. The lowest BCUT2D eigenvalue weighted by Crippen LogP contribution is -2.17. The van der Waals surface area contributed by atoms with Crippen molar-refractivity contribution in [3.8, 4) is 0 Å². The second kappa shape index (κ2) is 7.22. The first-order valence-electron chi connectivity index (χ1n) is 6.78. The minimum absolute atomic E-state index is 0.444. The van der Waals surface area contributed by atoms with Crippen LogP contribution in [0.1, 0.15) is 19.6 Å². The Kier molecular flexibility index (Phi) is 5.08. The van der Waals surface area contributed by atoms with E-state index in [0.717, 1.165) is 13.1 Å². The zero-order valence-corrected chi connectivity index (χ0v) is 12.4. The summed E-state index contributed by atoms with van der Waals surface area (Å²) >= 11 is 0. The van der Waals surface area contributed by atoms with Crippen LogP contribution in [0, 0.1) is 0 Å². The molecule has 0 amide bonds. The molecule has 0 aliphatic rings. The van der Waals surface area contributed by atoms with Gasteiger partial charge in [0.2, 0.25) is 11.9 Å². The van der Waals surface area contributed by atoms with Gasteiger partial charge in [0.05, 0.1) is 12.5 Å². The van der Waals surface area contributed by atoms with Gasteiger partial charge < -0.3 is 15.1 Å². The molecule has 0 saturated heterocycles. The Labute approximate surface area is 123 Å². The van der Waals surface area contributed by atoms with Crippen LogP contribution in [0.25, 0.3) is 0 Å². The van der Waals surface area contributed by atoms with Gasteiger partial charge >= 0.3 is 0 Å². The van der Waals surface area contributed by atoms with Gasteiger partial charge in [-0.15, -0.1) is 0 Å². The van der Waals surface area contributed by atoms with Crippen molar-refractivity contribution < 1.29 is 4.42 Å². The third-order valence-corrected chi connectivity index (χ3v) is 2.48. The van der Waals surface area contributed by atoms with E-state index in [2.05, 4.69) is 30.7 Å². The molecule has 0 bridgehead atoms. The van der Waals surface area contributed by atoms with Gasteiger partial charge in [0.15, 0.2) is 0 Å². The van der Waals surface area contributed by atoms with Crippen LogP contribution in [0.3, 0.4) is 0 Å². The van der Waals surface area contributed by atoms with E-state index >= 15 is 0 Å². The topological polar surface area (TPSA) is 91.5 Å². The monoisotopic (exact) mass is 289 g/mol. The van der Waals surface area contributed by atoms with Crippen LogP contribution in [-0.4, -0.2) is 41.3 Å². The van der Waals surface area contributed by atoms with Crippen molar-refractivity contribution in [2.75, 3.05) is 35.8 Å². The Balaban J connectivity index is 2.19. The minimum atomic E-state index is 0.444. The summed E-state index contributed by atoms with van der Waals surface area (Å²) in [5.41, 5.74) is 0. The van der Waals surface area contributed by atoms with Gasteiger partial charge in [-0.25, -0.2) is 5.01 Å². The fourth-order valence-electron chi connectivity index (χ4n) is 1.54. The second-order valence-corrected chi connectivity index (χ2v) is 4.13. The number of nitrogens with one attached hydrogen (secondary N) is 2. The fourth-order valence-corrected chi connectivity index (χ4v) is 1.54. The van der Waals surface area contributed by atoms with E-state index in [1.807, 2.05) is 19.9 Å². The maximum atomic E-state index is 5.19. The molecule has 21 heavy (non-hydrogen) atoms. The molecule has 0 aliphatic carbocycles. The molecule has 2 heterocycles. The van der Waals surface area contributed by atoms with Crippen molar-refractivity contribution in [3.63, 3.8) is 0 Å².